The van der Waals surface area contributed by atoms with E-state index in [-0.39, 0.29) is 18.8 Å². The summed E-state index contributed by atoms with van der Waals surface area (Å²) in [5.74, 6) is -2.25. The van der Waals surface area contributed by atoms with Gasteiger partial charge in [-0.3, -0.25) is 4.98 Å². The lowest BCUT2D eigenvalue weighted by Gasteiger charge is -2.29. The molecule has 0 aromatic carbocycles. The summed E-state index contributed by atoms with van der Waals surface area (Å²) in [6.45, 7) is 18.5. The molecule has 0 amide bonds. The molecule has 3 heteroatoms. The maximum atomic E-state index is 13.8. The van der Waals surface area contributed by atoms with Gasteiger partial charge in [-0.2, -0.15) is 0 Å². The van der Waals surface area contributed by atoms with Crippen LogP contribution in [-0.2, 0) is 6.42 Å². The van der Waals surface area contributed by atoms with Gasteiger partial charge in [0.05, 0.1) is 0 Å². The quantitative estimate of drug-likeness (QED) is 0.324. The molecular weight excluding hydrogens is 436 g/mol. The molecule has 1 heterocycles. The summed E-state index contributed by atoms with van der Waals surface area (Å²) in [6.07, 6.45) is 13.1. The second-order valence-corrected chi connectivity index (χ2v) is 10.4. The number of halogens is 2. The van der Waals surface area contributed by atoms with Crippen molar-refractivity contribution in [1.29, 1.82) is 0 Å². The Morgan fingerprint density at radius 3 is 2.31 bits per heavy atom. The summed E-state index contributed by atoms with van der Waals surface area (Å²) in [4.78, 5) is 4.62. The van der Waals surface area contributed by atoms with Gasteiger partial charge in [0.25, 0.3) is 0 Å². The largest absolute Gasteiger partial charge is 0.260 e. The first-order valence-electron chi connectivity index (χ1n) is 12.6. The lowest BCUT2D eigenvalue weighted by atomic mass is 9.79. The Morgan fingerprint density at radius 1 is 1.14 bits per heavy atom. The van der Waals surface area contributed by atoms with E-state index in [2.05, 4.69) is 70.1 Å². The minimum absolute atomic E-state index is 0.0111. The van der Waals surface area contributed by atoms with Crippen LogP contribution in [0.3, 0.4) is 0 Å². The van der Waals surface area contributed by atoms with Crippen LogP contribution in [0.4, 0.5) is 8.78 Å². The number of allylic oxidation sites excluding steroid dienone is 12. The average molecular weight is 476 g/mol. The standard InChI is InChI=1S/C32H39F2N/c1-8-26(31-23(6)17-24(31)7)19-30(22(4)5)27(18-25-13-15-32(33,34)16-14-25)9-11-29-12-10-28(20-35-29)21(2)3/h8-10,12,17,19-20,25H,1-2,11,13-16,18H2,3-7H3/b26-19+,27-9-. The van der Waals surface area contributed by atoms with Gasteiger partial charge in [0, 0.05) is 31.2 Å². The van der Waals surface area contributed by atoms with E-state index in [0.717, 1.165) is 28.8 Å². The van der Waals surface area contributed by atoms with Crippen LogP contribution < -0.4 is 0 Å². The topological polar surface area (TPSA) is 12.9 Å². The molecule has 1 aromatic rings. The second kappa shape index (κ2) is 11.3. The maximum Gasteiger partial charge on any atom is 0.248 e. The van der Waals surface area contributed by atoms with Crippen molar-refractivity contribution in [2.75, 3.05) is 0 Å². The van der Waals surface area contributed by atoms with Crippen molar-refractivity contribution >= 4 is 5.57 Å². The van der Waals surface area contributed by atoms with Crippen molar-refractivity contribution in [3.63, 3.8) is 0 Å². The van der Waals surface area contributed by atoms with Gasteiger partial charge in [0.2, 0.25) is 5.92 Å². The number of alkyl halides is 2. The van der Waals surface area contributed by atoms with Crippen LogP contribution in [0.15, 0.2) is 94.8 Å². The van der Waals surface area contributed by atoms with E-state index in [1.54, 1.807) is 0 Å². The van der Waals surface area contributed by atoms with E-state index in [1.165, 1.54) is 33.4 Å². The Hall–Kier alpha value is -2.81. The first-order chi connectivity index (χ1) is 16.5. The number of hydrogen-bond acceptors (Lipinski definition) is 1. The molecule has 0 N–H and O–H groups in total. The van der Waals surface area contributed by atoms with Gasteiger partial charge in [0.15, 0.2) is 0 Å². The molecule has 0 radical (unpaired) electrons. The predicted octanol–water partition coefficient (Wildman–Crippen LogP) is 9.52. The molecule has 0 bridgehead atoms. The van der Waals surface area contributed by atoms with Gasteiger partial charge in [-0.1, -0.05) is 43.0 Å². The first-order valence-corrected chi connectivity index (χ1v) is 12.6. The molecule has 0 atom stereocenters. The van der Waals surface area contributed by atoms with Crippen LogP contribution >= 0.6 is 0 Å². The van der Waals surface area contributed by atoms with Crippen molar-refractivity contribution in [3.05, 3.63) is 106 Å². The predicted molar refractivity (Wildman–Crippen MR) is 145 cm³/mol. The summed E-state index contributed by atoms with van der Waals surface area (Å²) < 4.78 is 27.6. The Morgan fingerprint density at radius 2 is 1.83 bits per heavy atom. The fourth-order valence-corrected chi connectivity index (χ4v) is 5.05. The smallest absolute Gasteiger partial charge is 0.248 e. The van der Waals surface area contributed by atoms with Crippen LogP contribution in [0, 0.1) is 5.92 Å². The van der Waals surface area contributed by atoms with Gasteiger partial charge in [-0.25, -0.2) is 8.78 Å². The lowest BCUT2D eigenvalue weighted by Crippen LogP contribution is -2.24. The van der Waals surface area contributed by atoms with E-state index < -0.39 is 5.92 Å². The van der Waals surface area contributed by atoms with Crippen molar-refractivity contribution in [1.82, 2.24) is 4.98 Å². The maximum absolute atomic E-state index is 13.8. The van der Waals surface area contributed by atoms with E-state index >= 15 is 0 Å². The summed E-state index contributed by atoms with van der Waals surface area (Å²) in [7, 11) is 0. The van der Waals surface area contributed by atoms with Crippen LogP contribution in [0.5, 0.6) is 0 Å². The van der Waals surface area contributed by atoms with E-state index in [0.29, 0.717) is 19.3 Å². The lowest BCUT2D eigenvalue weighted by molar-refractivity contribution is -0.0455. The van der Waals surface area contributed by atoms with Crippen molar-refractivity contribution in [2.24, 2.45) is 5.92 Å². The number of rotatable bonds is 9. The monoisotopic (exact) mass is 475 g/mol. The molecule has 0 spiro atoms. The fourth-order valence-electron chi connectivity index (χ4n) is 5.05. The van der Waals surface area contributed by atoms with Crippen molar-refractivity contribution in [2.45, 2.75) is 79.1 Å². The Balaban J connectivity index is 1.94. The van der Waals surface area contributed by atoms with Crippen LogP contribution in [0.2, 0.25) is 0 Å². The molecule has 2 aliphatic carbocycles. The van der Waals surface area contributed by atoms with Gasteiger partial charge in [-0.05, 0) is 117 Å². The molecule has 1 nitrogen and oxygen atoms in total. The summed E-state index contributed by atoms with van der Waals surface area (Å²) >= 11 is 0. The fraction of sp³-hybridized carbons (Fsp3) is 0.406. The SMILES string of the molecule is C=C/C(=C\C(=C(C)C)/C(=C\Cc1ccc(C(=C)C)cn1)CC1CCC(F)(F)CC1)C1=C(C)C=C1C. The molecule has 3 rings (SSSR count). The zero-order valence-electron chi connectivity index (χ0n) is 22.0. The number of hydrogen-bond donors (Lipinski definition) is 0. The average Bonchev–Trinajstić information content (AvgIpc) is 2.80. The van der Waals surface area contributed by atoms with Gasteiger partial charge in [-0.15, -0.1) is 0 Å². The minimum Gasteiger partial charge on any atom is -0.260 e. The zero-order chi connectivity index (χ0) is 25.8. The third-order valence-electron chi connectivity index (χ3n) is 7.14. The summed E-state index contributed by atoms with van der Waals surface area (Å²) in [5.41, 5.74) is 11.5. The Bertz CT molecular complexity index is 1120. The highest BCUT2D eigenvalue weighted by Gasteiger charge is 2.35. The highest BCUT2D eigenvalue weighted by molar-refractivity contribution is 5.65. The van der Waals surface area contributed by atoms with Gasteiger partial charge < -0.3 is 0 Å². The molecule has 1 aromatic heterocycles. The Labute approximate surface area is 210 Å². The van der Waals surface area contributed by atoms with E-state index in [1.807, 2.05) is 25.3 Å². The molecule has 0 aliphatic heterocycles. The second-order valence-electron chi connectivity index (χ2n) is 10.4. The number of pyridine rings is 1. The van der Waals surface area contributed by atoms with Crippen molar-refractivity contribution in [3.8, 4) is 0 Å². The van der Waals surface area contributed by atoms with Gasteiger partial charge >= 0.3 is 0 Å². The zero-order valence-corrected chi connectivity index (χ0v) is 22.0. The molecule has 1 fully saturated rings. The summed E-state index contributed by atoms with van der Waals surface area (Å²) in [6, 6.07) is 4.10. The molecule has 35 heavy (non-hydrogen) atoms. The minimum atomic E-state index is -2.51. The van der Waals surface area contributed by atoms with Crippen LogP contribution in [0.1, 0.15) is 78.0 Å². The molecule has 0 unspecified atom stereocenters. The van der Waals surface area contributed by atoms with Gasteiger partial charge in [0.1, 0.15) is 0 Å². The molecular formula is C32H39F2N. The first kappa shape index (κ1) is 26.8. The highest BCUT2D eigenvalue weighted by Crippen LogP contribution is 2.41. The van der Waals surface area contributed by atoms with Crippen molar-refractivity contribution < 1.29 is 8.78 Å². The third kappa shape index (κ3) is 6.87. The molecule has 186 valence electrons. The molecule has 1 saturated carbocycles. The number of nitrogens with zero attached hydrogens (tertiary/aromatic N) is 1. The van der Waals surface area contributed by atoms with Crippen LogP contribution in [-0.4, -0.2) is 10.9 Å². The third-order valence-corrected chi connectivity index (χ3v) is 7.14. The highest BCUT2D eigenvalue weighted by atomic mass is 19.3. The number of aromatic nitrogens is 1. The van der Waals surface area contributed by atoms with Crippen LogP contribution in [0.25, 0.3) is 5.57 Å². The van der Waals surface area contributed by atoms with E-state index in [9.17, 15) is 8.78 Å². The Kier molecular flexibility index (Phi) is 8.64. The summed E-state index contributed by atoms with van der Waals surface area (Å²) in [5, 5.41) is 0. The van der Waals surface area contributed by atoms with E-state index in [4.69, 9.17) is 0 Å². The molecule has 2 aliphatic rings. The molecule has 0 saturated heterocycles. The normalized spacial score (nSPS) is 18.7.